The molecule has 2 aromatic rings. The lowest BCUT2D eigenvalue weighted by Gasteiger charge is -2.04. The fourth-order valence-electron chi connectivity index (χ4n) is 2.27. The number of aromatic amines is 1. The normalized spacial score (nSPS) is 15.8. The van der Waals surface area contributed by atoms with Gasteiger partial charge < -0.3 is 9.09 Å². The molecule has 116 valence electrons. The van der Waals surface area contributed by atoms with Crippen molar-refractivity contribution in [3.63, 3.8) is 0 Å². The van der Waals surface area contributed by atoms with Crippen molar-refractivity contribution in [1.29, 1.82) is 0 Å². The Kier molecular flexibility index (Phi) is 3.31. The summed E-state index contributed by atoms with van der Waals surface area (Å²) in [5.74, 6) is -0.590. The van der Waals surface area contributed by atoms with Crippen LogP contribution < -0.4 is 11.2 Å². The van der Waals surface area contributed by atoms with Crippen molar-refractivity contribution < 1.29 is 8.91 Å². The van der Waals surface area contributed by atoms with E-state index >= 15 is 0 Å². The highest BCUT2D eigenvalue weighted by molar-refractivity contribution is 5.60. The van der Waals surface area contributed by atoms with E-state index in [2.05, 4.69) is 15.1 Å². The van der Waals surface area contributed by atoms with Gasteiger partial charge in [0.15, 0.2) is 5.83 Å². The lowest BCUT2D eigenvalue weighted by atomic mass is 10.2. The molecule has 2 heterocycles. The molecule has 1 N–H and O–H groups in total. The molecule has 0 aliphatic heterocycles. The van der Waals surface area contributed by atoms with Crippen LogP contribution in [0.2, 0.25) is 0 Å². The number of nitrogens with one attached hydrogen (secondary N) is 1. The average Bonchev–Trinajstić information content (AvgIpc) is 3.22. The number of rotatable bonds is 3. The van der Waals surface area contributed by atoms with Gasteiger partial charge >= 0.3 is 5.69 Å². The molecule has 0 radical (unpaired) electrons. The standard InChI is InChI=1S/C14H15FN4O3/c1-6(8-4-5-8)10(15)13-16-11(18-22-13)9-7(2)19(3)14(21)17-12(9)20/h8H,4-5H2,1-3H3,(H,17,20,21)/b10-6-. The van der Waals surface area contributed by atoms with E-state index in [1.165, 1.54) is 11.6 Å². The molecule has 0 atom stereocenters. The van der Waals surface area contributed by atoms with Crippen molar-refractivity contribution in [3.8, 4) is 11.4 Å². The summed E-state index contributed by atoms with van der Waals surface area (Å²) in [6.07, 6.45) is 1.92. The zero-order valence-corrected chi connectivity index (χ0v) is 12.4. The Hall–Kier alpha value is -2.51. The van der Waals surface area contributed by atoms with Gasteiger partial charge in [-0.2, -0.15) is 4.98 Å². The first kappa shape index (κ1) is 14.4. The van der Waals surface area contributed by atoms with E-state index in [1.807, 2.05) is 0 Å². The van der Waals surface area contributed by atoms with E-state index in [4.69, 9.17) is 4.52 Å². The van der Waals surface area contributed by atoms with Crippen molar-refractivity contribution >= 4 is 5.83 Å². The number of H-pyrrole nitrogens is 1. The maximum atomic E-state index is 14.2. The molecule has 0 aromatic carbocycles. The highest BCUT2D eigenvalue weighted by Crippen LogP contribution is 2.40. The summed E-state index contributed by atoms with van der Waals surface area (Å²) in [4.78, 5) is 29.6. The first-order chi connectivity index (χ1) is 10.4. The van der Waals surface area contributed by atoms with Crippen molar-refractivity contribution in [2.45, 2.75) is 26.7 Å². The van der Waals surface area contributed by atoms with E-state index in [9.17, 15) is 14.0 Å². The van der Waals surface area contributed by atoms with Crippen LogP contribution in [-0.2, 0) is 7.05 Å². The Morgan fingerprint density at radius 2 is 2.09 bits per heavy atom. The molecule has 8 heteroatoms. The Bertz CT molecular complexity index is 886. The molecule has 1 aliphatic rings. The fourth-order valence-corrected chi connectivity index (χ4v) is 2.27. The summed E-state index contributed by atoms with van der Waals surface area (Å²) in [6, 6.07) is 0. The van der Waals surface area contributed by atoms with E-state index in [1.54, 1.807) is 13.8 Å². The third kappa shape index (κ3) is 2.30. The van der Waals surface area contributed by atoms with Crippen LogP contribution in [0.4, 0.5) is 4.39 Å². The maximum absolute atomic E-state index is 14.2. The van der Waals surface area contributed by atoms with Crippen LogP contribution in [0, 0.1) is 12.8 Å². The molecule has 0 amide bonds. The molecular weight excluding hydrogens is 291 g/mol. The SMILES string of the molecule is C/C(=C(/F)c1nc(-c2c(C)n(C)c(=O)[nH]c2=O)no1)C1CC1. The first-order valence-corrected chi connectivity index (χ1v) is 6.90. The van der Waals surface area contributed by atoms with Gasteiger partial charge in [0.05, 0.1) is 0 Å². The number of hydrogen-bond donors (Lipinski definition) is 1. The monoisotopic (exact) mass is 306 g/mol. The lowest BCUT2D eigenvalue weighted by molar-refractivity contribution is 0.397. The topological polar surface area (TPSA) is 93.8 Å². The Morgan fingerprint density at radius 1 is 1.41 bits per heavy atom. The lowest BCUT2D eigenvalue weighted by Crippen LogP contribution is -2.31. The predicted octanol–water partition coefficient (Wildman–Crippen LogP) is 1.54. The molecule has 0 bridgehead atoms. The number of aromatic nitrogens is 4. The number of allylic oxidation sites excluding steroid dienone is 1. The van der Waals surface area contributed by atoms with Gasteiger partial charge in [-0.25, -0.2) is 9.18 Å². The quantitative estimate of drug-likeness (QED) is 0.928. The fraction of sp³-hybridized carbons (Fsp3) is 0.429. The molecule has 2 aromatic heterocycles. The minimum absolute atomic E-state index is 0.0388. The van der Waals surface area contributed by atoms with Gasteiger partial charge in [-0.05, 0) is 38.2 Å². The van der Waals surface area contributed by atoms with Crippen LogP contribution in [-0.4, -0.2) is 19.7 Å². The van der Waals surface area contributed by atoms with E-state index in [0.717, 1.165) is 12.8 Å². The summed E-state index contributed by atoms with van der Waals surface area (Å²) in [5, 5.41) is 3.67. The summed E-state index contributed by atoms with van der Waals surface area (Å²) in [7, 11) is 1.51. The van der Waals surface area contributed by atoms with E-state index in [-0.39, 0.29) is 23.2 Å². The number of hydrogen-bond acceptors (Lipinski definition) is 5. The molecule has 0 saturated heterocycles. The zero-order valence-electron chi connectivity index (χ0n) is 12.4. The van der Waals surface area contributed by atoms with Crippen LogP contribution in [0.15, 0.2) is 19.7 Å². The molecule has 1 saturated carbocycles. The van der Waals surface area contributed by atoms with Crippen LogP contribution in [0.25, 0.3) is 17.2 Å². The third-order valence-electron chi connectivity index (χ3n) is 3.99. The second kappa shape index (κ2) is 5.04. The maximum Gasteiger partial charge on any atom is 0.328 e. The summed E-state index contributed by atoms with van der Waals surface area (Å²) >= 11 is 0. The van der Waals surface area contributed by atoms with Gasteiger partial charge in [0.1, 0.15) is 5.56 Å². The number of halogens is 1. The van der Waals surface area contributed by atoms with E-state index in [0.29, 0.717) is 11.3 Å². The van der Waals surface area contributed by atoms with Gasteiger partial charge in [0.2, 0.25) is 5.82 Å². The first-order valence-electron chi connectivity index (χ1n) is 6.90. The Labute approximate surface area is 124 Å². The summed E-state index contributed by atoms with van der Waals surface area (Å²) < 4.78 is 20.4. The zero-order chi connectivity index (χ0) is 16.0. The van der Waals surface area contributed by atoms with Gasteiger partial charge in [0.25, 0.3) is 11.4 Å². The summed E-state index contributed by atoms with van der Waals surface area (Å²) in [6.45, 7) is 3.28. The van der Waals surface area contributed by atoms with E-state index < -0.39 is 17.1 Å². The molecule has 22 heavy (non-hydrogen) atoms. The third-order valence-corrected chi connectivity index (χ3v) is 3.99. The molecule has 1 aliphatic carbocycles. The molecule has 0 unspecified atom stereocenters. The number of nitrogens with zero attached hydrogens (tertiary/aromatic N) is 3. The minimum Gasteiger partial charge on any atom is -0.331 e. The van der Waals surface area contributed by atoms with Gasteiger partial charge in [-0.1, -0.05) is 5.16 Å². The highest BCUT2D eigenvalue weighted by Gasteiger charge is 2.28. The Balaban J connectivity index is 2.09. The molecular formula is C14H15FN4O3. The largest absolute Gasteiger partial charge is 0.331 e. The van der Waals surface area contributed by atoms with Crippen LogP contribution in [0.1, 0.15) is 31.4 Å². The van der Waals surface area contributed by atoms with Crippen molar-refractivity contribution in [2.24, 2.45) is 13.0 Å². The molecule has 7 nitrogen and oxygen atoms in total. The molecule has 0 spiro atoms. The second-order valence-electron chi connectivity index (χ2n) is 5.47. The van der Waals surface area contributed by atoms with Crippen molar-refractivity contribution in [3.05, 3.63) is 38.0 Å². The van der Waals surface area contributed by atoms with Crippen LogP contribution in [0.5, 0.6) is 0 Å². The second-order valence-corrected chi connectivity index (χ2v) is 5.47. The van der Waals surface area contributed by atoms with Crippen molar-refractivity contribution in [2.75, 3.05) is 0 Å². The van der Waals surface area contributed by atoms with Crippen molar-refractivity contribution in [1.82, 2.24) is 19.7 Å². The van der Waals surface area contributed by atoms with Crippen LogP contribution in [0.3, 0.4) is 0 Å². The van der Waals surface area contributed by atoms with Gasteiger partial charge in [0, 0.05) is 12.7 Å². The van der Waals surface area contributed by atoms with Crippen LogP contribution >= 0.6 is 0 Å². The average molecular weight is 306 g/mol. The highest BCUT2D eigenvalue weighted by atomic mass is 19.1. The van der Waals surface area contributed by atoms with Gasteiger partial charge in [-0.15, -0.1) is 0 Å². The summed E-state index contributed by atoms with van der Waals surface area (Å²) in [5.41, 5.74) is -0.110. The van der Waals surface area contributed by atoms with Gasteiger partial charge in [-0.3, -0.25) is 9.78 Å². The molecule has 1 fully saturated rings. The molecule has 3 rings (SSSR count). The smallest absolute Gasteiger partial charge is 0.328 e. The predicted molar refractivity (Wildman–Crippen MR) is 76.8 cm³/mol. The Morgan fingerprint density at radius 3 is 2.73 bits per heavy atom. The minimum atomic E-state index is -0.628.